The van der Waals surface area contributed by atoms with Crippen LogP contribution in [0.1, 0.15) is 22.5 Å². The van der Waals surface area contributed by atoms with E-state index in [9.17, 15) is 0 Å². The zero-order valence-electron chi connectivity index (χ0n) is 13.2. The number of aryl methyl sites for hydroxylation is 1. The molecular weight excluding hydrogens is 302 g/mol. The van der Waals surface area contributed by atoms with Crippen molar-refractivity contribution in [1.82, 2.24) is 14.9 Å². The van der Waals surface area contributed by atoms with Crippen LogP contribution < -0.4 is 0 Å². The van der Waals surface area contributed by atoms with Gasteiger partial charge >= 0.3 is 0 Å². The second kappa shape index (κ2) is 6.22. The summed E-state index contributed by atoms with van der Waals surface area (Å²) in [5, 5.41) is 3.11. The van der Waals surface area contributed by atoms with E-state index in [0.29, 0.717) is 0 Å². The molecule has 0 saturated carbocycles. The molecule has 3 nitrogen and oxygen atoms in total. The summed E-state index contributed by atoms with van der Waals surface area (Å²) in [6.45, 7) is 5.08. The molecule has 0 spiro atoms. The highest BCUT2D eigenvalue weighted by atomic mass is 32.1. The van der Waals surface area contributed by atoms with Gasteiger partial charge in [0.2, 0.25) is 0 Å². The van der Waals surface area contributed by atoms with E-state index < -0.39 is 0 Å². The van der Waals surface area contributed by atoms with E-state index in [1.807, 2.05) is 6.92 Å². The third-order valence-corrected chi connectivity index (χ3v) is 5.20. The lowest BCUT2D eigenvalue weighted by atomic mass is 10.0. The van der Waals surface area contributed by atoms with Crippen LogP contribution in [-0.2, 0) is 19.5 Å². The summed E-state index contributed by atoms with van der Waals surface area (Å²) < 4.78 is 0. The summed E-state index contributed by atoms with van der Waals surface area (Å²) in [4.78, 5) is 11.9. The smallest absolute Gasteiger partial charge is 0.142 e. The summed E-state index contributed by atoms with van der Waals surface area (Å²) in [6, 6.07) is 15.0. The lowest BCUT2D eigenvalue weighted by Crippen LogP contribution is -2.30. The fourth-order valence-electron chi connectivity index (χ4n) is 3.04. The number of pyridine rings is 1. The minimum Gasteiger partial charge on any atom is -0.294 e. The lowest BCUT2D eigenvalue weighted by Gasteiger charge is -2.28. The van der Waals surface area contributed by atoms with Gasteiger partial charge < -0.3 is 0 Å². The zero-order valence-corrected chi connectivity index (χ0v) is 14.0. The van der Waals surface area contributed by atoms with E-state index in [1.54, 1.807) is 11.3 Å². The van der Waals surface area contributed by atoms with Gasteiger partial charge in [0, 0.05) is 42.8 Å². The Balaban J connectivity index is 1.52. The summed E-state index contributed by atoms with van der Waals surface area (Å²) >= 11 is 1.67. The van der Waals surface area contributed by atoms with Gasteiger partial charge in [-0.15, -0.1) is 11.3 Å². The van der Waals surface area contributed by atoms with Crippen LogP contribution in [0.25, 0.3) is 10.7 Å². The van der Waals surface area contributed by atoms with Crippen LogP contribution in [0.2, 0.25) is 0 Å². The molecule has 116 valence electrons. The van der Waals surface area contributed by atoms with Crippen molar-refractivity contribution < 1.29 is 0 Å². The van der Waals surface area contributed by atoms with E-state index in [0.717, 1.165) is 42.5 Å². The van der Waals surface area contributed by atoms with Gasteiger partial charge in [-0.3, -0.25) is 4.90 Å². The molecule has 1 aliphatic rings. The highest BCUT2D eigenvalue weighted by Gasteiger charge is 2.18. The van der Waals surface area contributed by atoms with Gasteiger partial charge in [0.05, 0.1) is 5.69 Å². The first-order valence-electron chi connectivity index (χ1n) is 7.95. The van der Waals surface area contributed by atoms with E-state index >= 15 is 0 Å². The number of rotatable bonds is 3. The number of aromatic nitrogens is 2. The summed E-state index contributed by atoms with van der Waals surface area (Å²) in [7, 11) is 0. The number of nitrogens with zero attached hydrogens (tertiary/aromatic N) is 3. The lowest BCUT2D eigenvalue weighted by molar-refractivity contribution is 0.243. The van der Waals surface area contributed by atoms with Crippen molar-refractivity contribution in [1.29, 1.82) is 0 Å². The molecule has 0 saturated heterocycles. The standard InChI is InChI=1S/C19H19N3S/c1-14-13-23-19(20-14)18-8-7-16-12-22(10-9-17(16)21-18)11-15-5-3-2-4-6-15/h2-8,13H,9-12H2,1H3. The highest BCUT2D eigenvalue weighted by Crippen LogP contribution is 2.26. The van der Waals surface area contributed by atoms with Crippen LogP contribution in [0.3, 0.4) is 0 Å². The van der Waals surface area contributed by atoms with Crippen LogP contribution in [-0.4, -0.2) is 21.4 Å². The molecule has 23 heavy (non-hydrogen) atoms. The van der Waals surface area contributed by atoms with Crippen LogP contribution in [0, 0.1) is 6.92 Å². The second-order valence-corrected chi connectivity index (χ2v) is 6.90. The van der Waals surface area contributed by atoms with E-state index in [-0.39, 0.29) is 0 Å². The fraction of sp³-hybridized carbons (Fsp3) is 0.263. The van der Waals surface area contributed by atoms with E-state index in [4.69, 9.17) is 4.98 Å². The third kappa shape index (κ3) is 3.19. The quantitative estimate of drug-likeness (QED) is 0.728. The Morgan fingerprint density at radius 3 is 2.74 bits per heavy atom. The van der Waals surface area contributed by atoms with E-state index in [1.165, 1.54) is 16.8 Å². The fourth-order valence-corrected chi connectivity index (χ4v) is 3.81. The first-order valence-corrected chi connectivity index (χ1v) is 8.83. The summed E-state index contributed by atoms with van der Waals surface area (Å²) in [5.41, 5.74) is 6.04. The average molecular weight is 321 g/mol. The van der Waals surface area contributed by atoms with Crippen LogP contribution in [0.4, 0.5) is 0 Å². The molecule has 0 bridgehead atoms. The summed E-state index contributed by atoms with van der Waals surface area (Å²) in [6.07, 6.45) is 1.01. The molecule has 3 aromatic rings. The largest absolute Gasteiger partial charge is 0.294 e. The van der Waals surface area contributed by atoms with Crippen molar-refractivity contribution >= 4 is 11.3 Å². The Hall–Kier alpha value is -2.04. The molecule has 3 heterocycles. The topological polar surface area (TPSA) is 29.0 Å². The van der Waals surface area contributed by atoms with Crippen molar-refractivity contribution in [3.63, 3.8) is 0 Å². The van der Waals surface area contributed by atoms with Crippen LogP contribution in [0.15, 0.2) is 47.8 Å². The molecule has 0 radical (unpaired) electrons. The molecule has 0 fully saturated rings. The van der Waals surface area contributed by atoms with Gasteiger partial charge in [-0.2, -0.15) is 0 Å². The van der Waals surface area contributed by atoms with Crippen LogP contribution in [0.5, 0.6) is 0 Å². The molecule has 0 unspecified atom stereocenters. The number of fused-ring (bicyclic) bond motifs is 1. The Bertz CT molecular complexity index is 810. The number of hydrogen-bond donors (Lipinski definition) is 0. The van der Waals surface area contributed by atoms with Gasteiger partial charge in [0.25, 0.3) is 0 Å². The molecule has 2 aromatic heterocycles. The van der Waals surface area contributed by atoms with Crippen molar-refractivity contribution in [2.75, 3.05) is 6.54 Å². The molecule has 0 amide bonds. The zero-order chi connectivity index (χ0) is 15.6. The van der Waals surface area contributed by atoms with Crippen molar-refractivity contribution in [3.05, 3.63) is 70.4 Å². The van der Waals surface area contributed by atoms with Gasteiger partial charge in [0.1, 0.15) is 5.01 Å². The molecule has 0 aliphatic carbocycles. The van der Waals surface area contributed by atoms with Crippen LogP contribution >= 0.6 is 11.3 Å². The van der Waals surface area contributed by atoms with Gasteiger partial charge in [-0.05, 0) is 24.1 Å². The molecule has 0 N–H and O–H groups in total. The number of hydrogen-bond acceptors (Lipinski definition) is 4. The van der Waals surface area contributed by atoms with Crippen molar-refractivity contribution in [3.8, 4) is 10.7 Å². The number of benzene rings is 1. The highest BCUT2D eigenvalue weighted by molar-refractivity contribution is 7.13. The molecule has 4 rings (SSSR count). The minimum atomic E-state index is 0.981. The predicted octanol–water partition coefficient (Wildman–Crippen LogP) is 4.07. The maximum atomic E-state index is 4.86. The normalized spacial score (nSPS) is 14.7. The number of thiazole rings is 1. The first-order chi connectivity index (χ1) is 11.3. The van der Waals surface area contributed by atoms with E-state index in [2.05, 4.69) is 57.7 Å². The molecule has 0 atom stereocenters. The van der Waals surface area contributed by atoms with Gasteiger partial charge in [-0.25, -0.2) is 9.97 Å². The second-order valence-electron chi connectivity index (χ2n) is 6.04. The Labute approximate surface area is 140 Å². The summed E-state index contributed by atoms with van der Waals surface area (Å²) in [5.74, 6) is 0. The average Bonchev–Trinajstić information content (AvgIpc) is 3.02. The Morgan fingerprint density at radius 1 is 1.09 bits per heavy atom. The van der Waals surface area contributed by atoms with Crippen molar-refractivity contribution in [2.45, 2.75) is 26.4 Å². The maximum absolute atomic E-state index is 4.86. The maximum Gasteiger partial charge on any atom is 0.142 e. The Kier molecular flexibility index (Phi) is 3.93. The van der Waals surface area contributed by atoms with Gasteiger partial charge in [0.15, 0.2) is 0 Å². The van der Waals surface area contributed by atoms with Crippen molar-refractivity contribution in [2.24, 2.45) is 0 Å². The molecule has 1 aliphatic heterocycles. The minimum absolute atomic E-state index is 0.981. The third-order valence-electron chi connectivity index (χ3n) is 4.21. The molecular formula is C19H19N3S. The first kappa shape index (κ1) is 14.5. The predicted molar refractivity (Wildman–Crippen MR) is 94.3 cm³/mol. The SMILES string of the molecule is Cc1csc(-c2ccc3c(n2)CCN(Cc2ccccc2)C3)n1. The monoisotopic (exact) mass is 321 g/mol. The molecule has 1 aromatic carbocycles. The van der Waals surface area contributed by atoms with Gasteiger partial charge in [-0.1, -0.05) is 36.4 Å². The molecule has 4 heteroatoms. The Morgan fingerprint density at radius 2 is 1.96 bits per heavy atom.